The molecule has 0 spiro atoms. The van der Waals surface area contributed by atoms with Crippen LogP contribution in [-0.4, -0.2) is 25.0 Å². The molecule has 1 aromatic heterocycles. The highest BCUT2D eigenvalue weighted by Gasteiger charge is 2.26. The fourth-order valence-corrected chi connectivity index (χ4v) is 3.33. The Morgan fingerprint density at radius 3 is 2.44 bits per heavy atom. The first-order valence-electron chi connectivity index (χ1n) is 10.0. The van der Waals surface area contributed by atoms with Gasteiger partial charge in [0, 0.05) is 27.6 Å². The van der Waals surface area contributed by atoms with E-state index >= 15 is 0 Å². The van der Waals surface area contributed by atoms with E-state index in [-0.39, 0.29) is 12.5 Å². The minimum Gasteiger partial charge on any atom is -0.497 e. The first kappa shape index (κ1) is 23.3. The average Bonchev–Trinajstić information content (AvgIpc) is 2.76. The van der Waals surface area contributed by atoms with Gasteiger partial charge in [0.05, 0.1) is 7.11 Å². The van der Waals surface area contributed by atoms with E-state index in [0.717, 1.165) is 5.56 Å². The van der Waals surface area contributed by atoms with Crippen molar-refractivity contribution in [1.82, 2.24) is 5.32 Å². The number of carbonyl (C=O) groups is 2. The number of methoxy groups -OCH3 is 1. The SMILES string of the molecule is COc1ccc(C(=O)N[C@H](C(=O)OCc2cc(=O)oc3cc(C)c(Cl)cc23)C(C)C)cc1. The lowest BCUT2D eigenvalue weighted by molar-refractivity contribution is -0.148. The highest BCUT2D eigenvalue weighted by atomic mass is 35.5. The van der Waals surface area contributed by atoms with Crippen molar-refractivity contribution in [3.8, 4) is 5.75 Å². The van der Waals surface area contributed by atoms with Gasteiger partial charge in [-0.25, -0.2) is 9.59 Å². The van der Waals surface area contributed by atoms with Crippen LogP contribution in [0.1, 0.15) is 35.3 Å². The predicted octanol–water partition coefficient (Wildman–Crippen LogP) is 4.26. The van der Waals surface area contributed by atoms with E-state index in [2.05, 4.69) is 5.32 Å². The molecule has 168 valence electrons. The van der Waals surface area contributed by atoms with Gasteiger partial charge < -0.3 is 19.2 Å². The van der Waals surface area contributed by atoms with Crippen LogP contribution in [0.4, 0.5) is 0 Å². The van der Waals surface area contributed by atoms with Crippen LogP contribution in [-0.2, 0) is 16.1 Å². The molecule has 2 aromatic carbocycles. The van der Waals surface area contributed by atoms with Crippen molar-refractivity contribution in [1.29, 1.82) is 0 Å². The Morgan fingerprint density at radius 2 is 1.81 bits per heavy atom. The first-order valence-corrected chi connectivity index (χ1v) is 10.4. The van der Waals surface area contributed by atoms with Gasteiger partial charge in [0.25, 0.3) is 5.91 Å². The second-order valence-electron chi connectivity index (χ2n) is 7.72. The molecule has 32 heavy (non-hydrogen) atoms. The molecule has 1 atom stereocenters. The van der Waals surface area contributed by atoms with Gasteiger partial charge in [-0.15, -0.1) is 0 Å². The van der Waals surface area contributed by atoms with Crippen molar-refractivity contribution < 1.29 is 23.5 Å². The van der Waals surface area contributed by atoms with Gasteiger partial charge in [0.2, 0.25) is 0 Å². The molecule has 7 nitrogen and oxygen atoms in total. The Morgan fingerprint density at radius 1 is 1.12 bits per heavy atom. The highest BCUT2D eigenvalue weighted by Crippen LogP contribution is 2.25. The number of carbonyl (C=O) groups excluding carboxylic acids is 2. The molecule has 0 fully saturated rings. The first-order chi connectivity index (χ1) is 15.2. The summed E-state index contributed by atoms with van der Waals surface area (Å²) in [6, 6.07) is 10.3. The van der Waals surface area contributed by atoms with Gasteiger partial charge in [-0.1, -0.05) is 25.4 Å². The predicted molar refractivity (Wildman–Crippen MR) is 121 cm³/mol. The molecule has 3 aromatic rings. The van der Waals surface area contributed by atoms with Gasteiger partial charge in [0.15, 0.2) is 0 Å². The summed E-state index contributed by atoms with van der Waals surface area (Å²) in [5, 5.41) is 3.80. The van der Waals surface area contributed by atoms with Gasteiger partial charge >= 0.3 is 11.6 Å². The lowest BCUT2D eigenvalue weighted by atomic mass is 10.0. The van der Waals surface area contributed by atoms with E-state index in [1.807, 2.05) is 0 Å². The molecule has 1 heterocycles. The quantitative estimate of drug-likeness (QED) is 0.420. The van der Waals surface area contributed by atoms with Crippen molar-refractivity contribution in [2.24, 2.45) is 5.92 Å². The molecule has 3 rings (SSSR count). The smallest absolute Gasteiger partial charge is 0.336 e. The zero-order valence-corrected chi connectivity index (χ0v) is 19.0. The monoisotopic (exact) mass is 457 g/mol. The molecule has 0 aliphatic heterocycles. The number of aryl methyl sites for hydroxylation is 1. The summed E-state index contributed by atoms with van der Waals surface area (Å²) in [5.74, 6) is -0.617. The number of ether oxygens (including phenoxy) is 2. The summed E-state index contributed by atoms with van der Waals surface area (Å²) in [6.45, 7) is 5.24. The second kappa shape index (κ2) is 9.87. The summed E-state index contributed by atoms with van der Waals surface area (Å²) in [6.07, 6.45) is 0. The molecule has 0 aliphatic carbocycles. The van der Waals surface area contributed by atoms with E-state index in [4.69, 9.17) is 25.5 Å². The number of benzene rings is 2. The van der Waals surface area contributed by atoms with E-state index in [1.54, 1.807) is 57.2 Å². The van der Waals surface area contributed by atoms with Crippen LogP contribution in [0.15, 0.2) is 51.7 Å². The van der Waals surface area contributed by atoms with Crippen LogP contribution in [0, 0.1) is 12.8 Å². The third-order valence-corrected chi connectivity index (χ3v) is 5.45. The van der Waals surface area contributed by atoms with Crippen molar-refractivity contribution >= 4 is 34.4 Å². The van der Waals surface area contributed by atoms with Crippen LogP contribution in [0.25, 0.3) is 11.0 Å². The number of fused-ring (bicyclic) bond motifs is 1. The maximum Gasteiger partial charge on any atom is 0.336 e. The topological polar surface area (TPSA) is 94.8 Å². The van der Waals surface area contributed by atoms with E-state index < -0.39 is 23.5 Å². The third-order valence-electron chi connectivity index (χ3n) is 5.04. The Balaban J connectivity index is 1.76. The number of halogens is 1. The molecule has 8 heteroatoms. The number of hydrogen-bond donors (Lipinski definition) is 1. The summed E-state index contributed by atoms with van der Waals surface area (Å²) in [5.41, 5.74) is 1.42. The Hall–Kier alpha value is -3.32. The molecule has 1 amide bonds. The molecule has 0 aliphatic rings. The molecule has 0 bridgehead atoms. The maximum absolute atomic E-state index is 12.8. The van der Waals surface area contributed by atoms with Crippen molar-refractivity contribution in [2.75, 3.05) is 7.11 Å². The molecule has 1 N–H and O–H groups in total. The minimum atomic E-state index is -0.873. The Bertz CT molecular complexity index is 1200. The Kier molecular flexibility index (Phi) is 7.20. The minimum absolute atomic E-state index is 0.165. The number of nitrogens with one attached hydrogen (secondary N) is 1. The van der Waals surface area contributed by atoms with Gasteiger partial charge in [-0.05, 0) is 54.8 Å². The molecule has 0 radical (unpaired) electrons. The zero-order chi connectivity index (χ0) is 23.4. The molecular formula is C24H24ClNO6. The number of hydrogen-bond acceptors (Lipinski definition) is 6. The zero-order valence-electron chi connectivity index (χ0n) is 18.2. The molecule has 0 saturated heterocycles. The van der Waals surface area contributed by atoms with Gasteiger partial charge in [-0.3, -0.25) is 4.79 Å². The summed E-state index contributed by atoms with van der Waals surface area (Å²) in [7, 11) is 1.54. The summed E-state index contributed by atoms with van der Waals surface area (Å²) in [4.78, 5) is 37.3. The van der Waals surface area contributed by atoms with Crippen molar-refractivity contribution in [2.45, 2.75) is 33.4 Å². The average molecular weight is 458 g/mol. The normalized spacial score (nSPS) is 11.9. The summed E-state index contributed by atoms with van der Waals surface area (Å²) < 4.78 is 15.8. The van der Waals surface area contributed by atoms with Crippen LogP contribution in [0.2, 0.25) is 5.02 Å². The van der Waals surface area contributed by atoms with Crippen LogP contribution in [0.3, 0.4) is 0 Å². The fraction of sp³-hybridized carbons (Fsp3) is 0.292. The fourth-order valence-electron chi connectivity index (χ4n) is 3.17. The van der Waals surface area contributed by atoms with Crippen LogP contribution >= 0.6 is 11.6 Å². The standard InChI is InChI=1S/C24H24ClNO6/c1-13(2)22(26-23(28)15-5-7-17(30-4)8-6-15)24(29)31-12-16-10-21(27)32-20-9-14(3)19(25)11-18(16)20/h5-11,13,22H,12H2,1-4H3,(H,26,28)/t22-/m0/s1. The molecule has 0 saturated carbocycles. The lowest BCUT2D eigenvalue weighted by Crippen LogP contribution is -2.45. The number of amides is 1. The Labute approximate surface area is 190 Å². The van der Waals surface area contributed by atoms with Gasteiger partial charge in [0.1, 0.15) is 24.0 Å². The number of esters is 1. The number of rotatable bonds is 7. The third kappa shape index (κ3) is 5.29. The molecule has 0 unspecified atom stereocenters. The largest absolute Gasteiger partial charge is 0.497 e. The highest BCUT2D eigenvalue weighted by molar-refractivity contribution is 6.32. The lowest BCUT2D eigenvalue weighted by Gasteiger charge is -2.21. The van der Waals surface area contributed by atoms with Crippen molar-refractivity contribution in [3.05, 3.63) is 74.6 Å². The second-order valence-corrected chi connectivity index (χ2v) is 8.13. The van der Waals surface area contributed by atoms with Crippen molar-refractivity contribution in [3.63, 3.8) is 0 Å². The summed E-state index contributed by atoms with van der Waals surface area (Å²) >= 11 is 6.21. The maximum atomic E-state index is 12.8. The van der Waals surface area contributed by atoms with E-state index in [9.17, 15) is 14.4 Å². The molecular weight excluding hydrogens is 434 g/mol. The van der Waals surface area contributed by atoms with E-state index in [1.165, 1.54) is 13.2 Å². The van der Waals surface area contributed by atoms with E-state index in [0.29, 0.717) is 32.9 Å². The van der Waals surface area contributed by atoms with Crippen LogP contribution in [0.5, 0.6) is 5.75 Å². The van der Waals surface area contributed by atoms with Crippen LogP contribution < -0.4 is 15.7 Å². The van der Waals surface area contributed by atoms with Gasteiger partial charge in [-0.2, -0.15) is 0 Å².